The summed E-state index contributed by atoms with van der Waals surface area (Å²) >= 11 is 3.00. The first-order chi connectivity index (χ1) is 7.27. The molecular weight excluding hydrogens is 226 g/mol. The minimum absolute atomic E-state index is 0.0309. The molecule has 0 aliphatic carbocycles. The lowest BCUT2D eigenvalue weighted by Crippen LogP contribution is -1.92. The zero-order valence-corrected chi connectivity index (χ0v) is 9.77. The summed E-state index contributed by atoms with van der Waals surface area (Å²) in [5, 5.41) is 1.99. The third-order valence-corrected chi connectivity index (χ3v) is 3.69. The predicted molar refractivity (Wildman–Crippen MR) is 64.5 cm³/mol. The highest BCUT2D eigenvalue weighted by Crippen LogP contribution is 2.15. The van der Waals surface area contributed by atoms with Crippen LogP contribution in [0.5, 0.6) is 0 Å². The van der Waals surface area contributed by atoms with E-state index in [1.54, 1.807) is 22.9 Å². The Hall–Kier alpha value is -1.26. The molecule has 0 spiro atoms. The smallest absolute Gasteiger partial charge is 0.197 e. The van der Waals surface area contributed by atoms with Gasteiger partial charge in [0.2, 0.25) is 0 Å². The lowest BCUT2D eigenvalue weighted by atomic mass is 10.2. The molecule has 0 saturated heterocycles. The highest BCUT2D eigenvalue weighted by Gasteiger charge is 2.07. The van der Waals surface area contributed by atoms with Crippen LogP contribution in [0.1, 0.15) is 20.2 Å². The molecule has 0 radical (unpaired) electrons. The molecule has 0 bridgehead atoms. The Morgan fingerprint density at radius 3 is 2.93 bits per heavy atom. The maximum absolute atomic E-state index is 11.7. The number of ketones is 1. The van der Waals surface area contributed by atoms with E-state index in [2.05, 4.69) is 4.98 Å². The van der Waals surface area contributed by atoms with Crippen LogP contribution in [0.2, 0.25) is 0 Å². The van der Waals surface area contributed by atoms with Gasteiger partial charge in [0.05, 0.1) is 16.1 Å². The highest BCUT2D eigenvalue weighted by atomic mass is 32.1. The van der Waals surface area contributed by atoms with Crippen LogP contribution in [0, 0.1) is 6.92 Å². The van der Waals surface area contributed by atoms with E-state index in [-0.39, 0.29) is 5.78 Å². The number of aromatic nitrogens is 1. The van der Waals surface area contributed by atoms with E-state index < -0.39 is 0 Å². The number of carbonyl (C=O) groups is 1. The van der Waals surface area contributed by atoms with Crippen molar-refractivity contribution in [3.05, 3.63) is 44.5 Å². The molecule has 0 aliphatic rings. The summed E-state index contributed by atoms with van der Waals surface area (Å²) in [4.78, 5) is 17.6. The molecule has 0 aromatic carbocycles. The molecule has 76 valence electrons. The van der Waals surface area contributed by atoms with Crippen molar-refractivity contribution in [2.45, 2.75) is 6.92 Å². The van der Waals surface area contributed by atoms with E-state index >= 15 is 0 Å². The van der Waals surface area contributed by atoms with Gasteiger partial charge in [0.1, 0.15) is 0 Å². The second-order valence-electron chi connectivity index (χ2n) is 2.98. The predicted octanol–water partition coefficient (Wildman–Crippen LogP) is 3.41. The average molecular weight is 235 g/mol. The summed E-state index contributed by atoms with van der Waals surface area (Å²) < 4.78 is 0. The summed E-state index contributed by atoms with van der Waals surface area (Å²) in [6.45, 7) is 1.85. The largest absolute Gasteiger partial charge is 0.288 e. The summed E-state index contributed by atoms with van der Waals surface area (Å²) in [7, 11) is 0. The molecule has 0 amide bonds. The van der Waals surface area contributed by atoms with Gasteiger partial charge in [0, 0.05) is 4.88 Å². The van der Waals surface area contributed by atoms with E-state index in [1.165, 1.54) is 11.3 Å². The number of hydrogen-bond acceptors (Lipinski definition) is 4. The third kappa shape index (κ3) is 2.40. The molecule has 2 heterocycles. The molecule has 2 nitrogen and oxygen atoms in total. The van der Waals surface area contributed by atoms with Crippen LogP contribution >= 0.6 is 22.7 Å². The lowest BCUT2D eigenvalue weighted by molar-refractivity contribution is 0.105. The molecule has 0 unspecified atom stereocenters. The van der Waals surface area contributed by atoms with E-state index in [1.807, 2.05) is 30.5 Å². The van der Waals surface area contributed by atoms with Crippen molar-refractivity contribution < 1.29 is 4.79 Å². The van der Waals surface area contributed by atoms with E-state index in [9.17, 15) is 4.79 Å². The van der Waals surface area contributed by atoms with E-state index in [0.717, 1.165) is 15.4 Å². The molecular formula is C11H9NOS2. The van der Waals surface area contributed by atoms with Crippen LogP contribution in [0.3, 0.4) is 0 Å². The topological polar surface area (TPSA) is 30.0 Å². The fraction of sp³-hybridized carbons (Fsp3) is 0.0909. The molecule has 0 N–H and O–H groups in total. The minimum Gasteiger partial charge on any atom is -0.288 e. The normalized spacial score (nSPS) is 11.0. The summed E-state index contributed by atoms with van der Waals surface area (Å²) in [5.74, 6) is 0.0309. The second-order valence-corrected chi connectivity index (χ2v) is 4.81. The van der Waals surface area contributed by atoms with Crippen molar-refractivity contribution >= 4 is 34.5 Å². The molecule has 0 saturated carbocycles. The molecule has 0 atom stereocenters. The van der Waals surface area contributed by atoms with Crippen molar-refractivity contribution in [1.82, 2.24) is 4.98 Å². The van der Waals surface area contributed by atoms with Crippen LogP contribution in [-0.4, -0.2) is 10.8 Å². The third-order valence-electron chi connectivity index (χ3n) is 1.91. The number of aryl methyl sites for hydroxylation is 1. The number of thiazole rings is 1. The van der Waals surface area contributed by atoms with Crippen LogP contribution in [-0.2, 0) is 0 Å². The Kier molecular flexibility index (Phi) is 3.08. The summed E-state index contributed by atoms with van der Waals surface area (Å²) in [5.41, 5.74) is 2.50. The molecule has 4 heteroatoms. The molecule has 0 fully saturated rings. The van der Waals surface area contributed by atoms with Crippen LogP contribution in [0.15, 0.2) is 29.1 Å². The number of thiophene rings is 1. The Balaban J connectivity index is 2.14. The first-order valence-corrected chi connectivity index (χ1v) is 6.19. The van der Waals surface area contributed by atoms with Gasteiger partial charge < -0.3 is 0 Å². The number of rotatable bonds is 3. The Morgan fingerprint density at radius 2 is 2.33 bits per heavy atom. The Bertz CT molecular complexity index is 482. The maximum Gasteiger partial charge on any atom is 0.197 e. The van der Waals surface area contributed by atoms with E-state index in [4.69, 9.17) is 0 Å². The van der Waals surface area contributed by atoms with Gasteiger partial charge in [-0.3, -0.25) is 4.79 Å². The van der Waals surface area contributed by atoms with Crippen molar-refractivity contribution in [1.29, 1.82) is 0 Å². The maximum atomic E-state index is 11.7. The highest BCUT2D eigenvalue weighted by molar-refractivity contribution is 7.12. The summed E-state index contributed by atoms with van der Waals surface area (Å²) in [6.07, 6.45) is 3.44. The van der Waals surface area contributed by atoms with Crippen molar-refractivity contribution in [3.8, 4) is 0 Å². The fourth-order valence-electron chi connectivity index (χ4n) is 1.16. The fourth-order valence-corrected chi connectivity index (χ4v) is 2.50. The SMILES string of the molecule is Cc1ncsc1C(=O)/C=C\c1cccs1. The Morgan fingerprint density at radius 1 is 1.47 bits per heavy atom. The van der Waals surface area contributed by atoms with Gasteiger partial charge in [0.25, 0.3) is 0 Å². The molecule has 2 rings (SSSR count). The second kappa shape index (κ2) is 4.51. The number of allylic oxidation sites excluding steroid dienone is 1. The zero-order chi connectivity index (χ0) is 10.7. The van der Waals surface area contributed by atoms with Gasteiger partial charge in [-0.1, -0.05) is 6.07 Å². The van der Waals surface area contributed by atoms with Crippen molar-refractivity contribution in [2.75, 3.05) is 0 Å². The van der Waals surface area contributed by atoms with Crippen LogP contribution in [0.4, 0.5) is 0 Å². The van der Waals surface area contributed by atoms with Gasteiger partial charge in [0.15, 0.2) is 5.78 Å². The van der Waals surface area contributed by atoms with Gasteiger partial charge >= 0.3 is 0 Å². The number of hydrogen-bond donors (Lipinski definition) is 0. The van der Waals surface area contributed by atoms with Gasteiger partial charge in [-0.05, 0) is 30.5 Å². The van der Waals surface area contributed by atoms with Gasteiger partial charge in [-0.25, -0.2) is 4.98 Å². The Labute approximate surface area is 95.9 Å². The summed E-state index contributed by atoms with van der Waals surface area (Å²) in [6, 6.07) is 3.95. The molecule has 2 aromatic heterocycles. The van der Waals surface area contributed by atoms with Crippen molar-refractivity contribution in [2.24, 2.45) is 0 Å². The van der Waals surface area contributed by atoms with Crippen LogP contribution < -0.4 is 0 Å². The van der Waals surface area contributed by atoms with Gasteiger partial charge in [-0.15, -0.1) is 22.7 Å². The van der Waals surface area contributed by atoms with Crippen molar-refractivity contribution in [3.63, 3.8) is 0 Å². The monoisotopic (exact) mass is 235 g/mol. The quantitative estimate of drug-likeness (QED) is 0.603. The molecule has 15 heavy (non-hydrogen) atoms. The van der Waals surface area contributed by atoms with Gasteiger partial charge in [-0.2, -0.15) is 0 Å². The first-order valence-electron chi connectivity index (χ1n) is 4.43. The minimum atomic E-state index is 0.0309. The van der Waals surface area contributed by atoms with Crippen LogP contribution in [0.25, 0.3) is 6.08 Å². The number of nitrogens with zero attached hydrogens (tertiary/aromatic N) is 1. The van der Waals surface area contributed by atoms with E-state index in [0.29, 0.717) is 0 Å². The zero-order valence-electron chi connectivity index (χ0n) is 8.14. The molecule has 2 aromatic rings. The first kappa shape index (κ1) is 10.3. The lowest BCUT2D eigenvalue weighted by Gasteiger charge is -1.90. The molecule has 0 aliphatic heterocycles. The number of carbonyl (C=O) groups excluding carboxylic acids is 1. The standard InChI is InChI=1S/C11H9NOS2/c1-8-11(15-7-12-8)10(13)5-4-9-3-2-6-14-9/h2-7H,1H3/b5-4-. The average Bonchev–Trinajstić information content (AvgIpc) is 2.84.